The van der Waals surface area contributed by atoms with Gasteiger partial charge < -0.3 is 34.3 Å². The molecule has 2 unspecified atom stereocenters. The lowest BCUT2D eigenvalue weighted by atomic mass is 9.86. The molecule has 0 radical (unpaired) electrons. The van der Waals surface area contributed by atoms with E-state index in [0.29, 0.717) is 38.8 Å². The molecule has 2 amide bonds. The summed E-state index contributed by atoms with van der Waals surface area (Å²) in [7, 11) is 0. The topological polar surface area (TPSA) is 176 Å². The zero-order valence-electron chi connectivity index (χ0n) is 44.7. The lowest BCUT2D eigenvalue weighted by Crippen LogP contribution is -2.49. The van der Waals surface area contributed by atoms with E-state index < -0.39 is 41.8 Å². The molecule has 69 heavy (non-hydrogen) atoms. The van der Waals surface area contributed by atoms with E-state index in [0.717, 1.165) is 83.7 Å². The third-order valence-corrected chi connectivity index (χ3v) is 13.2. The SMILES string of the molecule is CCCCCCCCC(CCCCCC)COC(=O)CCCC(=O)O[C@@H](C(=O)NCCC(=O)NCCN1CCOCC1)C(C)(C)COC(=O)CC(=O)OCC(CCCCCC)CCCCCCCC. The summed E-state index contributed by atoms with van der Waals surface area (Å²) in [5.41, 5.74) is -1.23. The number of rotatable bonds is 45. The second kappa shape index (κ2) is 42.4. The van der Waals surface area contributed by atoms with E-state index in [1.165, 1.54) is 83.5 Å². The molecule has 14 nitrogen and oxygen atoms in total. The lowest BCUT2D eigenvalue weighted by molar-refractivity contribution is -0.170. The molecule has 0 spiro atoms. The van der Waals surface area contributed by atoms with E-state index in [1.54, 1.807) is 13.8 Å². The van der Waals surface area contributed by atoms with Crippen molar-refractivity contribution in [2.24, 2.45) is 17.3 Å². The maximum Gasteiger partial charge on any atom is 0.317 e. The molecular weight excluding hydrogens is 879 g/mol. The summed E-state index contributed by atoms with van der Waals surface area (Å²) < 4.78 is 28.0. The second-order valence-corrected chi connectivity index (χ2v) is 20.3. The highest BCUT2D eigenvalue weighted by Gasteiger charge is 2.40. The predicted molar refractivity (Wildman–Crippen MR) is 273 cm³/mol. The fourth-order valence-electron chi connectivity index (χ4n) is 8.62. The average molecular weight is 980 g/mol. The molecule has 402 valence electrons. The summed E-state index contributed by atoms with van der Waals surface area (Å²) in [6.45, 7) is 16.4. The average Bonchev–Trinajstić information content (AvgIpc) is 3.33. The van der Waals surface area contributed by atoms with Crippen molar-refractivity contribution in [2.45, 2.75) is 234 Å². The molecule has 0 aromatic rings. The summed E-state index contributed by atoms with van der Waals surface area (Å²) in [6.07, 6.45) is 25.8. The number of amides is 2. The molecule has 1 rings (SSSR count). The van der Waals surface area contributed by atoms with E-state index >= 15 is 0 Å². The van der Waals surface area contributed by atoms with E-state index in [-0.39, 0.29) is 63.2 Å². The number of nitrogens with zero attached hydrogens (tertiary/aromatic N) is 1. The maximum atomic E-state index is 13.7. The van der Waals surface area contributed by atoms with Crippen molar-refractivity contribution >= 4 is 35.7 Å². The second-order valence-electron chi connectivity index (χ2n) is 20.3. The van der Waals surface area contributed by atoms with Gasteiger partial charge in [-0.15, -0.1) is 0 Å². The highest BCUT2D eigenvalue weighted by atomic mass is 16.6. The number of hydrogen-bond donors (Lipinski definition) is 2. The highest BCUT2D eigenvalue weighted by molar-refractivity contribution is 5.91. The van der Waals surface area contributed by atoms with Crippen molar-refractivity contribution in [2.75, 3.05) is 65.8 Å². The van der Waals surface area contributed by atoms with Gasteiger partial charge in [0, 0.05) is 57.4 Å². The minimum atomic E-state index is -1.41. The molecule has 0 aromatic heterocycles. The number of unbranched alkanes of at least 4 members (excludes halogenated alkanes) is 16. The third-order valence-electron chi connectivity index (χ3n) is 13.2. The Morgan fingerprint density at radius 1 is 0.522 bits per heavy atom. The molecule has 0 saturated carbocycles. The van der Waals surface area contributed by atoms with Gasteiger partial charge in [-0.2, -0.15) is 0 Å². The Bertz CT molecular complexity index is 1360. The van der Waals surface area contributed by atoms with Gasteiger partial charge in [0.25, 0.3) is 5.91 Å². The van der Waals surface area contributed by atoms with Crippen LogP contribution in [-0.4, -0.2) is 112 Å². The standard InChI is InChI=1S/C55H101N3O11/c1-7-11-15-19-21-25-30-46(28-23-17-13-9-3)43-66-49(60)32-27-33-50(61)69-53(54(64)57-35-34-48(59)56-36-37-58-38-40-65-41-39-58)55(5,6)45-68-52(63)42-51(62)67-44-47(29-24-18-14-10-4)31-26-22-20-16-12-8-2/h46-47,53H,7-45H2,1-6H3,(H,56,59)(H,57,64)/t46?,47?,53-/m0/s1. The summed E-state index contributed by atoms with van der Waals surface area (Å²) >= 11 is 0. The van der Waals surface area contributed by atoms with Gasteiger partial charge >= 0.3 is 23.9 Å². The van der Waals surface area contributed by atoms with Crippen molar-refractivity contribution in [3.8, 4) is 0 Å². The van der Waals surface area contributed by atoms with Crippen LogP contribution in [0.1, 0.15) is 228 Å². The van der Waals surface area contributed by atoms with E-state index in [9.17, 15) is 28.8 Å². The first-order valence-corrected chi connectivity index (χ1v) is 27.9. The fourth-order valence-corrected chi connectivity index (χ4v) is 8.62. The maximum absolute atomic E-state index is 13.7. The number of ether oxygens (including phenoxy) is 5. The molecule has 14 heteroatoms. The van der Waals surface area contributed by atoms with Crippen LogP contribution in [0.5, 0.6) is 0 Å². The van der Waals surface area contributed by atoms with Gasteiger partial charge in [-0.3, -0.25) is 33.7 Å². The van der Waals surface area contributed by atoms with Gasteiger partial charge in [0.2, 0.25) is 5.91 Å². The van der Waals surface area contributed by atoms with Gasteiger partial charge in [-0.05, 0) is 43.9 Å². The van der Waals surface area contributed by atoms with Crippen LogP contribution < -0.4 is 10.6 Å². The number of morpholine rings is 1. The molecular formula is C55H101N3O11. The molecule has 0 aliphatic carbocycles. The number of hydrogen-bond acceptors (Lipinski definition) is 12. The summed E-state index contributed by atoms with van der Waals surface area (Å²) in [5, 5.41) is 5.59. The minimum absolute atomic E-state index is 0.00622. The predicted octanol–water partition coefficient (Wildman–Crippen LogP) is 10.7. The molecule has 3 atom stereocenters. The van der Waals surface area contributed by atoms with Crippen molar-refractivity contribution < 1.29 is 52.5 Å². The van der Waals surface area contributed by atoms with Crippen LogP contribution in [-0.2, 0) is 52.5 Å². The molecule has 1 heterocycles. The van der Waals surface area contributed by atoms with Crippen molar-refractivity contribution in [1.29, 1.82) is 0 Å². The molecule has 1 aliphatic heterocycles. The van der Waals surface area contributed by atoms with Gasteiger partial charge in [0.1, 0.15) is 13.0 Å². The Balaban J connectivity index is 2.83. The minimum Gasteiger partial charge on any atom is -0.465 e. The number of carbonyl (C=O) groups is 6. The van der Waals surface area contributed by atoms with Gasteiger partial charge in [-0.1, -0.05) is 170 Å². The Hall–Kier alpha value is -3.26. The molecule has 1 fully saturated rings. The summed E-state index contributed by atoms with van der Waals surface area (Å²) in [5.74, 6) is -2.87. The molecule has 2 N–H and O–H groups in total. The Labute approximate surface area is 419 Å². The van der Waals surface area contributed by atoms with E-state index in [4.69, 9.17) is 23.7 Å². The van der Waals surface area contributed by atoms with Crippen LogP contribution in [0.25, 0.3) is 0 Å². The summed E-state index contributed by atoms with van der Waals surface area (Å²) in [4.78, 5) is 80.5. The number of nitrogens with one attached hydrogen (secondary N) is 2. The van der Waals surface area contributed by atoms with Crippen LogP contribution in [0.3, 0.4) is 0 Å². The molecule has 0 bridgehead atoms. The van der Waals surface area contributed by atoms with Crippen molar-refractivity contribution in [3.63, 3.8) is 0 Å². The zero-order valence-corrected chi connectivity index (χ0v) is 44.7. The van der Waals surface area contributed by atoms with Gasteiger partial charge in [0.15, 0.2) is 6.10 Å². The van der Waals surface area contributed by atoms with Gasteiger partial charge in [0.05, 0.1) is 26.4 Å². The van der Waals surface area contributed by atoms with Crippen LogP contribution in [0.4, 0.5) is 0 Å². The fraction of sp³-hybridized carbons (Fsp3) is 0.891. The molecule has 1 saturated heterocycles. The Morgan fingerprint density at radius 2 is 0.971 bits per heavy atom. The van der Waals surface area contributed by atoms with Gasteiger partial charge in [-0.25, -0.2) is 0 Å². The molecule has 0 aromatic carbocycles. The lowest BCUT2D eigenvalue weighted by Gasteiger charge is -2.32. The zero-order chi connectivity index (χ0) is 50.8. The smallest absolute Gasteiger partial charge is 0.317 e. The van der Waals surface area contributed by atoms with E-state index in [1.807, 2.05) is 0 Å². The Morgan fingerprint density at radius 3 is 1.49 bits per heavy atom. The van der Waals surface area contributed by atoms with Crippen LogP contribution in [0.15, 0.2) is 0 Å². The first-order chi connectivity index (χ1) is 33.3. The third kappa shape index (κ3) is 35.5. The van der Waals surface area contributed by atoms with Crippen molar-refractivity contribution in [1.82, 2.24) is 15.5 Å². The largest absolute Gasteiger partial charge is 0.465 e. The van der Waals surface area contributed by atoms with E-state index in [2.05, 4.69) is 43.2 Å². The quantitative estimate of drug-likeness (QED) is 0.0256. The first-order valence-electron chi connectivity index (χ1n) is 27.9. The normalized spacial score (nSPS) is 14.3. The monoisotopic (exact) mass is 980 g/mol. The summed E-state index contributed by atoms with van der Waals surface area (Å²) in [6, 6.07) is 0. The highest BCUT2D eigenvalue weighted by Crippen LogP contribution is 2.26. The number of esters is 4. The molecule has 1 aliphatic rings. The number of carbonyl (C=O) groups excluding carboxylic acids is 6. The van der Waals surface area contributed by atoms with Crippen molar-refractivity contribution in [3.05, 3.63) is 0 Å². The van der Waals surface area contributed by atoms with Crippen LogP contribution in [0.2, 0.25) is 0 Å². The van der Waals surface area contributed by atoms with Crippen LogP contribution in [0, 0.1) is 17.3 Å². The Kier molecular flexibility index (Phi) is 39.2. The first kappa shape index (κ1) is 63.8. The van der Waals surface area contributed by atoms with Crippen LogP contribution >= 0.6 is 0 Å².